The molecule has 1 heterocycles. The van der Waals surface area contributed by atoms with E-state index in [4.69, 9.17) is 10.5 Å². The van der Waals surface area contributed by atoms with Crippen molar-refractivity contribution in [2.24, 2.45) is 10.7 Å². The number of nitrogens with zero attached hydrogens (tertiary/aromatic N) is 1. The molecule has 0 unspecified atom stereocenters. The van der Waals surface area contributed by atoms with Crippen LogP contribution in [-0.2, 0) is 9.84 Å². The predicted molar refractivity (Wildman–Crippen MR) is 55.7 cm³/mol. The first kappa shape index (κ1) is 10.6. The Labute approximate surface area is 91.0 Å². The predicted octanol–water partition coefficient (Wildman–Crippen LogP) is 0.747. The smallest absolute Gasteiger partial charge is 0.321 e. The SMILES string of the molecule is NC1=CS(=O)(=O)C(Oc2ccc(F)cc2)=N1. The second-order valence-electron chi connectivity index (χ2n) is 3.02. The van der Waals surface area contributed by atoms with Gasteiger partial charge in [0, 0.05) is 0 Å². The summed E-state index contributed by atoms with van der Waals surface area (Å²) in [5.74, 6) is -0.412. The van der Waals surface area contributed by atoms with Crippen molar-refractivity contribution < 1.29 is 17.5 Å². The van der Waals surface area contributed by atoms with E-state index in [1.54, 1.807) is 0 Å². The summed E-state index contributed by atoms with van der Waals surface area (Å²) in [5.41, 5.74) is 5.23. The van der Waals surface area contributed by atoms with E-state index in [1.807, 2.05) is 0 Å². The van der Waals surface area contributed by atoms with Crippen molar-refractivity contribution in [3.63, 3.8) is 0 Å². The summed E-state index contributed by atoms with van der Waals surface area (Å²) in [4.78, 5) is 3.51. The largest absolute Gasteiger partial charge is 0.430 e. The number of hydrogen-bond donors (Lipinski definition) is 1. The molecule has 1 aliphatic heterocycles. The van der Waals surface area contributed by atoms with Gasteiger partial charge in [-0.1, -0.05) is 0 Å². The van der Waals surface area contributed by atoms with E-state index >= 15 is 0 Å². The van der Waals surface area contributed by atoms with Crippen LogP contribution in [0.15, 0.2) is 40.5 Å². The number of aliphatic imine (C=N–C) groups is 1. The topological polar surface area (TPSA) is 81.8 Å². The zero-order chi connectivity index (χ0) is 11.8. The maximum atomic E-state index is 12.6. The van der Waals surface area contributed by atoms with Crippen LogP contribution in [0.3, 0.4) is 0 Å². The zero-order valence-corrected chi connectivity index (χ0v) is 8.74. The zero-order valence-electron chi connectivity index (χ0n) is 7.92. The standard InChI is InChI=1S/C9H7FN2O3S/c10-6-1-3-7(4-2-6)15-9-12-8(11)5-16(9,13)14/h1-5H,11H2. The van der Waals surface area contributed by atoms with Gasteiger partial charge in [-0.15, -0.1) is 0 Å². The molecule has 1 aromatic rings. The molecule has 0 fully saturated rings. The van der Waals surface area contributed by atoms with Crippen LogP contribution in [0.4, 0.5) is 4.39 Å². The van der Waals surface area contributed by atoms with Gasteiger partial charge < -0.3 is 10.5 Å². The first-order valence-corrected chi connectivity index (χ1v) is 5.76. The van der Waals surface area contributed by atoms with E-state index < -0.39 is 20.9 Å². The molecule has 0 spiro atoms. The summed E-state index contributed by atoms with van der Waals surface area (Å²) in [6.45, 7) is 0. The molecule has 16 heavy (non-hydrogen) atoms. The molecule has 1 aliphatic rings. The molecular formula is C9H7FN2O3S. The molecule has 0 radical (unpaired) electrons. The lowest BCUT2D eigenvalue weighted by Gasteiger charge is -2.03. The third-order valence-electron chi connectivity index (χ3n) is 1.76. The van der Waals surface area contributed by atoms with Gasteiger partial charge in [0.1, 0.15) is 17.4 Å². The molecule has 0 bridgehead atoms. The number of benzene rings is 1. The minimum absolute atomic E-state index is 0.142. The molecule has 0 amide bonds. The molecular weight excluding hydrogens is 235 g/mol. The minimum atomic E-state index is -3.70. The molecule has 0 atom stereocenters. The Bertz CT molecular complexity index is 575. The summed E-state index contributed by atoms with van der Waals surface area (Å²) in [5, 5.41) is 0.294. The van der Waals surface area contributed by atoms with E-state index in [9.17, 15) is 12.8 Å². The number of nitrogens with two attached hydrogens (primary N) is 1. The van der Waals surface area contributed by atoms with Crippen LogP contribution in [0.2, 0.25) is 0 Å². The van der Waals surface area contributed by atoms with Crippen LogP contribution in [0.5, 0.6) is 5.75 Å². The molecule has 7 heteroatoms. The lowest BCUT2D eigenvalue weighted by atomic mass is 10.3. The number of sulfone groups is 1. The van der Waals surface area contributed by atoms with Gasteiger partial charge in [-0.25, -0.2) is 12.8 Å². The molecule has 0 aliphatic carbocycles. The van der Waals surface area contributed by atoms with E-state index in [0.717, 1.165) is 17.5 Å². The Kier molecular flexibility index (Phi) is 2.39. The van der Waals surface area contributed by atoms with Crippen LogP contribution in [-0.4, -0.2) is 13.6 Å². The second kappa shape index (κ2) is 3.60. The second-order valence-corrected chi connectivity index (χ2v) is 4.70. The molecule has 84 valence electrons. The Morgan fingerprint density at radius 2 is 1.88 bits per heavy atom. The van der Waals surface area contributed by atoms with Crippen molar-refractivity contribution in [1.82, 2.24) is 0 Å². The van der Waals surface area contributed by atoms with E-state index in [1.165, 1.54) is 12.1 Å². The van der Waals surface area contributed by atoms with Crippen LogP contribution >= 0.6 is 0 Å². The quantitative estimate of drug-likeness (QED) is 0.787. The first-order valence-electron chi connectivity index (χ1n) is 4.22. The maximum Gasteiger partial charge on any atom is 0.321 e. The third-order valence-corrected chi connectivity index (χ3v) is 2.97. The van der Waals surface area contributed by atoms with Crippen molar-refractivity contribution in [1.29, 1.82) is 0 Å². The highest BCUT2D eigenvalue weighted by Crippen LogP contribution is 2.17. The summed E-state index contributed by atoms with van der Waals surface area (Å²) in [6, 6.07) is 4.88. The fourth-order valence-electron chi connectivity index (χ4n) is 1.09. The average molecular weight is 242 g/mol. The van der Waals surface area contributed by atoms with Crippen LogP contribution in [0.25, 0.3) is 0 Å². The van der Waals surface area contributed by atoms with Crippen molar-refractivity contribution in [3.8, 4) is 5.75 Å². The maximum absolute atomic E-state index is 12.6. The highest BCUT2D eigenvalue weighted by atomic mass is 32.2. The third kappa shape index (κ3) is 2.03. The van der Waals surface area contributed by atoms with Crippen molar-refractivity contribution >= 4 is 15.1 Å². The Hall–Kier alpha value is -1.89. The lowest BCUT2D eigenvalue weighted by molar-refractivity contribution is 0.546. The average Bonchev–Trinajstić information content (AvgIpc) is 2.43. The van der Waals surface area contributed by atoms with Crippen LogP contribution in [0, 0.1) is 5.82 Å². The molecule has 2 N–H and O–H groups in total. The molecule has 0 saturated carbocycles. The van der Waals surface area contributed by atoms with Crippen molar-refractivity contribution in [3.05, 3.63) is 41.3 Å². The monoisotopic (exact) mass is 242 g/mol. The number of hydrogen-bond acceptors (Lipinski definition) is 5. The Morgan fingerprint density at radius 3 is 2.38 bits per heavy atom. The van der Waals surface area contributed by atoms with E-state index in [2.05, 4.69) is 4.99 Å². The van der Waals surface area contributed by atoms with E-state index in [0.29, 0.717) is 0 Å². The molecule has 0 saturated heterocycles. The fraction of sp³-hybridized carbons (Fsp3) is 0. The summed E-state index contributed by atoms with van der Waals surface area (Å²) >= 11 is 0. The number of ether oxygens (including phenoxy) is 1. The molecule has 2 rings (SSSR count). The van der Waals surface area contributed by atoms with Crippen molar-refractivity contribution in [2.45, 2.75) is 0 Å². The van der Waals surface area contributed by atoms with E-state index in [-0.39, 0.29) is 11.6 Å². The van der Waals surface area contributed by atoms with Gasteiger partial charge in [0.25, 0.3) is 9.84 Å². The Balaban J connectivity index is 2.25. The first-order chi connectivity index (χ1) is 7.47. The number of halogens is 1. The fourth-order valence-corrected chi connectivity index (χ4v) is 2.01. The Morgan fingerprint density at radius 1 is 1.25 bits per heavy atom. The summed E-state index contributed by atoms with van der Waals surface area (Å²) in [7, 11) is -3.70. The molecule has 0 aromatic heterocycles. The van der Waals surface area contributed by atoms with Gasteiger partial charge in [-0.3, -0.25) is 0 Å². The van der Waals surface area contributed by atoms with Gasteiger partial charge >= 0.3 is 5.23 Å². The van der Waals surface area contributed by atoms with Gasteiger partial charge in [-0.2, -0.15) is 4.99 Å². The van der Waals surface area contributed by atoms with Gasteiger partial charge in [0.05, 0.1) is 5.41 Å². The van der Waals surface area contributed by atoms with Gasteiger partial charge in [0.15, 0.2) is 0 Å². The summed E-state index contributed by atoms with van der Waals surface area (Å²) in [6.07, 6.45) is 0. The van der Waals surface area contributed by atoms with Crippen LogP contribution in [0.1, 0.15) is 0 Å². The minimum Gasteiger partial charge on any atom is -0.430 e. The highest BCUT2D eigenvalue weighted by Gasteiger charge is 2.26. The molecule has 5 nitrogen and oxygen atoms in total. The highest BCUT2D eigenvalue weighted by molar-refractivity contribution is 8.08. The van der Waals surface area contributed by atoms with Crippen molar-refractivity contribution in [2.75, 3.05) is 0 Å². The lowest BCUT2D eigenvalue weighted by Crippen LogP contribution is -2.16. The number of rotatable bonds is 1. The van der Waals surface area contributed by atoms with Gasteiger partial charge in [0.2, 0.25) is 0 Å². The normalized spacial score (nSPS) is 17.8. The summed E-state index contributed by atoms with van der Waals surface area (Å²) < 4.78 is 40.3. The van der Waals surface area contributed by atoms with Gasteiger partial charge in [-0.05, 0) is 24.3 Å². The van der Waals surface area contributed by atoms with Crippen LogP contribution < -0.4 is 10.5 Å². The molecule has 1 aromatic carbocycles.